The van der Waals surface area contributed by atoms with Crippen LogP contribution in [0, 0.1) is 13.8 Å². The monoisotopic (exact) mass is 251 g/mol. The van der Waals surface area contributed by atoms with Gasteiger partial charge in [0.15, 0.2) is 0 Å². The number of sulfone groups is 1. The zero-order chi connectivity index (χ0) is 12.5. The first-order valence-corrected chi connectivity index (χ1v) is 6.41. The zero-order valence-corrected chi connectivity index (χ0v) is 10.1. The van der Waals surface area contributed by atoms with E-state index in [-0.39, 0.29) is 16.6 Å². The number of hydrogen-bond donors (Lipinski definition) is 0. The van der Waals surface area contributed by atoms with Crippen LogP contribution >= 0.6 is 0 Å². The first-order chi connectivity index (χ1) is 8.05. The van der Waals surface area contributed by atoms with Crippen molar-refractivity contribution in [3.8, 4) is 0 Å². The molecule has 2 aromatic rings. The summed E-state index contributed by atoms with van der Waals surface area (Å²) in [5.74, 6) is 0. The first kappa shape index (κ1) is 11.7. The summed E-state index contributed by atoms with van der Waals surface area (Å²) >= 11 is 0. The fourth-order valence-corrected chi connectivity index (χ4v) is 2.61. The van der Waals surface area contributed by atoms with Crippen LogP contribution in [0.3, 0.4) is 0 Å². The number of aromatic nitrogens is 4. The molecule has 0 aliphatic heterocycles. The van der Waals surface area contributed by atoms with E-state index in [2.05, 4.69) is 22.4 Å². The molecule has 6 nitrogen and oxygen atoms in total. The molecular formula is C10H11N4O2S. The van der Waals surface area contributed by atoms with E-state index < -0.39 is 9.84 Å². The van der Waals surface area contributed by atoms with Gasteiger partial charge in [-0.3, -0.25) is 0 Å². The second-order valence-electron chi connectivity index (χ2n) is 3.50. The van der Waals surface area contributed by atoms with Gasteiger partial charge in [-0.1, -0.05) is 22.8 Å². The molecule has 0 atom stereocenters. The van der Waals surface area contributed by atoms with Crippen molar-refractivity contribution in [2.75, 3.05) is 0 Å². The molecule has 0 aliphatic carbocycles. The molecule has 1 aromatic carbocycles. The van der Waals surface area contributed by atoms with Crippen LogP contribution in [-0.2, 0) is 16.4 Å². The number of hydrogen-bond acceptors (Lipinski definition) is 5. The Morgan fingerprint density at radius 1 is 1.29 bits per heavy atom. The van der Waals surface area contributed by atoms with Crippen LogP contribution in [-0.4, -0.2) is 28.6 Å². The molecule has 0 saturated heterocycles. The number of rotatable bonds is 3. The molecule has 0 unspecified atom stereocenters. The molecule has 0 N–H and O–H groups in total. The zero-order valence-electron chi connectivity index (χ0n) is 9.24. The van der Waals surface area contributed by atoms with Gasteiger partial charge in [0.05, 0.1) is 4.90 Å². The minimum absolute atomic E-state index is 0.160. The minimum atomic E-state index is -3.67. The summed E-state index contributed by atoms with van der Waals surface area (Å²) in [6.45, 7) is 5.61. The Kier molecular flexibility index (Phi) is 2.93. The lowest BCUT2D eigenvalue weighted by molar-refractivity contribution is 0.554. The molecule has 1 heterocycles. The lowest BCUT2D eigenvalue weighted by Gasteiger charge is -2.03. The van der Waals surface area contributed by atoms with Crippen LogP contribution < -0.4 is 0 Å². The van der Waals surface area contributed by atoms with Crippen LogP contribution in [0.4, 0.5) is 0 Å². The number of nitrogens with zero attached hydrogens (tertiary/aromatic N) is 4. The van der Waals surface area contributed by atoms with E-state index in [4.69, 9.17) is 0 Å². The van der Waals surface area contributed by atoms with Crippen molar-refractivity contribution in [2.24, 2.45) is 0 Å². The van der Waals surface area contributed by atoms with Crippen LogP contribution in [0.5, 0.6) is 0 Å². The van der Waals surface area contributed by atoms with Gasteiger partial charge in [0.2, 0.25) is 9.84 Å². The van der Waals surface area contributed by atoms with E-state index in [0.29, 0.717) is 0 Å². The van der Waals surface area contributed by atoms with E-state index in [1.54, 1.807) is 12.1 Å². The Morgan fingerprint density at radius 2 is 1.94 bits per heavy atom. The highest BCUT2D eigenvalue weighted by Gasteiger charge is 2.24. The maximum absolute atomic E-state index is 12.2. The molecule has 0 fully saturated rings. The van der Waals surface area contributed by atoms with E-state index in [9.17, 15) is 8.42 Å². The van der Waals surface area contributed by atoms with Crippen molar-refractivity contribution in [1.29, 1.82) is 0 Å². The van der Waals surface area contributed by atoms with Crippen LogP contribution in [0.25, 0.3) is 0 Å². The smallest absolute Gasteiger partial charge is 0.216 e. The Hall–Kier alpha value is -1.76. The predicted octanol–water partition coefficient (Wildman–Crippen LogP) is 0.648. The van der Waals surface area contributed by atoms with E-state index in [1.807, 2.05) is 6.92 Å². The van der Waals surface area contributed by atoms with Crippen molar-refractivity contribution < 1.29 is 8.42 Å². The highest BCUT2D eigenvalue weighted by Crippen LogP contribution is 2.18. The summed E-state index contributed by atoms with van der Waals surface area (Å²) in [6, 6.07) is 6.52. The van der Waals surface area contributed by atoms with Gasteiger partial charge in [-0.25, -0.2) is 13.1 Å². The average Bonchev–Trinajstić information content (AvgIpc) is 2.78. The van der Waals surface area contributed by atoms with E-state index >= 15 is 0 Å². The highest BCUT2D eigenvalue weighted by atomic mass is 32.2. The lowest BCUT2D eigenvalue weighted by atomic mass is 10.2. The molecule has 1 aromatic heterocycles. The molecule has 17 heavy (non-hydrogen) atoms. The van der Waals surface area contributed by atoms with Crippen molar-refractivity contribution in [3.05, 3.63) is 36.8 Å². The Labute approximate surface area is 99.2 Å². The van der Waals surface area contributed by atoms with Gasteiger partial charge in [-0.15, -0.1) is 0 Å². The first-order valence-electron chi connectivity index (χ1n) is 4.93. The maximum atomic E-state index is 12.2. The lowest BCUT2D eigenvalue weighted by Crippen LogP contribution is -2.11. The second kappa shape index (κ2) is 4.25. The number of benzene rings is 1. The summed E-state index contributed by atoms with van der Waals surface area (Å²) in [4.78, 5) is 0.174. The highest BCUT2D eigenvalue weighted by molar-refractivity contribution is 7.91. The molecule has 0 amide bonds. The molecule has 0 aliphatic rings. The second-order valence-corrected chi connectivity index (χ2v) is 5.34. The molecule has 1 radical (unpaired) electrons. The van der Waals surface area contributed by atoms with E-state index in [1.165, 1.54) is 12.1 Å². The number of aryl methyl sites for hydroxylation is 1. The average molecular weight is 251 g/mol. The summed E-state index contributed by atoms with van der Waals surface area (Å²) in [5.41, 5.74) is 0.987. The van der Waals surface area contributed by atoms with Crippen molar-refractivity contribution in [2.45, 2.75) is 23.5 Å². The van der Waals surface area contributed by atoms with Crippen molar-refractivity contribution >= 4 is 9.84 Å². The molecule has 0 spiro atoms. The van der Waals surface area contributed by atoms with Crippen LogP contribution in [0.2, 0.25) is 0 Å². The molecule has 0 saturated carbocycles. The summed E-state index contributed by atoms with van der Waals surface area (Å²) < 4.78 is 25.5. The van der Waals surface area contributed by atoms with Gasteiger partial charge in [-0.2, -0.15) is 0 Å². The minimum Gasteiger partial charge on any atom is -0.216 e. The summed E-state index contributed by atoms with van der Waals surface area (Å²) in [5, 5.41) is 10.3. The third-order valence-electron chi connectivity index (χ3n) is 2.28. The molecule has 89 valence electrons. The molecule has 0 bridgehead atoms. The maximum Gasteiger partial charge on any atom is 0.272 e. The third-order valence-corrected chi connectivity index (χ3v) is 3.95. The summed E-state index contributed by atoms with van der Waals surface area (Å²) in [6.07, 6.45) is 0. The topological polar surface area (TPSA) is 77.7 Å². The van der Waals surface area contributed by atoms with Crippen molar-refractivity contribution in [1.82, 2.24) is 20.2 Å². The van der Waals surface area contributed by atoms with Gasteiger partial charge in [-0.05, 0) is 36.4 Å². The van der Waals surface area contributed by atoms with Gasteiger partial charge in [0, 0.05) is 6.54 Å². The SMILES string of the molecule is [CH2]Cn1nnnc1S(=O)(=O)c1ccc(C)cc1. The van der Waals surface area contributed by atoms with Gasteiger partial charge in [0.25, 0.3) is 5.16 Å². The normalized spacial score (nSPS) is 11.6. The van der Waals surface area contributed by atoms with Crippen molar-refractivity contribution in [3.63, 3.8) is 0 Å². The Balaban J connectivity index is 2.54. The van der Waals surface area contributed by atoms with Gasteiger partial charge >= 0.3 is 0 Å². The van der Waals surface area contributed by atoms with E-state index in [0.717, 1.165) is 10.2 Å². The molecular weight excluding hydrogens is 240 g/mol. The Morgan fingerprint density at radius 3 is 2.53 bits per heavy atom. The molecule has 2 rings (SSSR count). The van der Waals surface area contributed by atoms with Crippen LogP contribution in [0.1, 0.15) is 5.56 Å². The van der Waals surface area contributed by atoms with Gasteiger partial charge < -0.3 is 0 Å². The Bertz CT molecular complexity index is 616. The molecule has 7 heteroatoms. The summed E-state index contributed by atoms with van der Waals surface area (Å²) in [7, 11) is -3.67. The predicted molar refractivity (Wildman–Crippen MR) is 59.8 cm³/mol. The largest absolute Gasteiger partial charge is 0.272 e. The standard InChI is InChI=1S/C10H11N4O2S/c1-3-14-10(11-12-13-14)17(15,16)9-6-4-8(2)5-7-9/h4-7H,1,3H2,2H3. The fraction of sp³-hybridized carbons (Fsp3) is 0.200. The quantitative estimate of drug-likeness (QED) is 0.800. The van der Waals surface area contributed by atoms with Crippen LogP contribution in [0.15, 0.2) is 34.3 Å². The van der Waals surface area contributed by atoms with Gasteiger partial charge in [0.1, 0.15) is 0 Å². The third kappa shape index (κ3) is 2.05. The fourth-order valence-electron chi connectivity index (χ4n) is 1.35. The number of tetrazole rings is 1.